The number of benzene rings is 1. The van der Waals surface area contributed by atoms with Gasteiger partial charge in [0.2, 0.25) is 0 Å². The molecule has 202 valence electrons. The zero-order valence-electron chi connectivity index (χ0n) is 22.0. The van der Waals surface area contributed by atoms with Gasteiger partial charge in [0.1, 0.15) is 36.0 Å². The number of nitrogens with zero attached hydrogens (tertiary/aromatic N) is 5. The molecule has 0 unspecified atom stereocenters. The molecule has 6 N–H and O–H groups in total. The van der Waals surface area contributed by atoms with E-state index < -0.39 is 24.5 Å². The number of hydrogen-bond donors (Lipinski definition) is 5. The van der Waals surface area contributed by atoms with Crippen molar-refractivity contribution >= 4 is 28.0 Å². The minimum Gasteiger partial charge on any atom is -0.387 e. The fraction of sp³-hybridized carbons (Fsp3) is 0.556. The van der Waals surface area contributed by atoms with Gasteiger partial charge in [-0.3, -0.25) is 4.57 Å². The number of aromatic amines is 1. The van der Waals surface area contributed by atoms with E-state index in [4.69, 9.17) is 15.5 Å². The van der Waals surface area contributed by atoms with Gasteiger partial charge in [-0.2, -0.15) is 0 Å². The quantitative estimate of drug-likeness (QED) is 0.246. The fourth-order valence-corrected chi connectivity index (χ4v) is 5.59. The third-order valence-corrected chi connectivity index (χ3v) is 8.03. The summed E-state index contributed by atoms with van der Waals surface area (Å²) in [6.07, 6.45) is 3.56. The molecule has 38 heavy (non-hydrogen) atoms. The van der Waals surface area contributed by atoms with Gasteiger partial charge in [0.15, 0.2) is 17.7 Å². The third kappa shape index (κ3) is 4.64. The Hall–Kier alpha value is -3.12. The molecule has 1 aliphatic carbocycles. The van der Waals surface area contributed by atoms with Crippen molar-refractivity contribution in [2.24, 2.45) is 5.92 Å². The van der Waals surface area contributed by atoms with Crippen molar-refractivity contribution in [2.75, 3.05) is 12.3 Å². The van der Waals surface area contributed by atoms with Crippen LogP contribution in [0.4, 0.5) is 5.82 Å². The summed E-state index contributed by atoms with van der Waals surface area (Å²) < 4.78 is 7.63. The highest BCUT2D eigenvalue weighted by atomic mass is 16.6. The minimum absolute atomic E-state index is 0.114. The van der Waals surface area contributed by atoms with E-state index in [1.54, 1.807) is 4.57 Å². The van der Waals surface area contributed by atoms with Crippen molar-refractivity contribution in [3.05, 3.63) is 42.2 Å². The number of aryl methyl sites for hydroxylation is 1. The number of hydrogen-bond acceptors (Lipinski definition) is 9. The van der Waals surface area contributed by atoms with Gasteiger partial charge in [-0.25, -0.2) is 19.9 Å². The lowest BCUT2D eigenvalue weighted by Gasteiger charge is -2.36. The number of rotatable bonds is 7. The van der Waals surface area contributed by atoms with Crippen LogP contribution in [0.2, 0.25) is 0 Å². The Morgan fingerprint density at radius 3 is 2.76 bits per heavy atom. The molecule has 0 amide bonds. The molecule has 0 spiro atoms. The number of fused-ring (bicyclic) bond motifs is 2. The van der Waals surface area contributed by atoms with E-state index in [1.165, 1.54) is 18.2 Å². The Morgan fingerprint density at radius 1 is 1.16 bits per heavy atom. The lowest BCUT2D eigenvalue weighted by atomic mass is 9.77. The van der Waals surface area contributed by atoms with Gasteiger partial charge in [-0.05, 0) is 48.3 Å². The fourth-order valence-electron chi connectivity index (χ4n) is 5.59. The van der Waals surface area contributed by atoms with E-state index in [0.717, 1.165) is 42.5 Å². The molecule has 1 aromatic carbocycles. The van der Waals surface area contributed by atoms with Gasteiger partial charge in [0.05, 0.1) is 17.4 Å². The molecule has 6 rings (SSSR count). The van der Waals surface area contributed by atoms with Crippen molar-refractivity contribution in [3.63, 3.8) is 0 Å². The molecule has 0 radical (unpaired) electrons. The average Bonchev–Trinajstić information content (AvgIpc) is 3.54. The molecule has 0 bridgehead atoms. The third-order valence-electron chi connectivity index (χ3n) is 8.03. The van der Waals surface area contributed by atoms with E-state index in [9.17, 15) is 10.2 Å². The second kappa shape index (κ2) is 9.57. The maximum atomic E-state index is 10.7. The van der Waals surface area contributed by atoms with Crippen molar-refractivity contribution in [1.82, 2.24) is 34.8 Å². The maximum absolute atomic E-state index is 10.7. The molecule has 1 saturated carbocycles. The number of aliphatic hydroxyl groups is 2. The standard InChI is InChI=1S/C27H36N8O3/c1-27(2,3)15-5-6-17-18(10-15)34-20(33-17)7-4-14-8-16(9-14)29-11-19-22(36)23(37)26(38-19)35-13-32-21-24(28)30-12-31-25(21)35/h5-6,10,12-14,16,19,22-23,26,29,36-37H,4,7-9,11H2,1-3H3,(H,33,34)(H2,28,30,31)/t14?,16?,19-,22-,23-,26-/m1/s1. The van der Waals surface area contributed by atoms with E-state index in [0.29, 0.717) is 29.7 Å². The molecule has 4 aromatic rings. The molecule has 2 fully saturated rings. The smallest absolute Gasteiger partial charge is 0.167 e. The van der Waals surface area contributed by atoms with E-state index in [2.05, 4.69) is 64.2 Å². The van der Waals surface area contributed by atoms with Gasteiger partial charge in [0.25, 0.3) is 0 Å². The van der Waals surface area contributed by atoms with Gasteiger partial charge in [-0.1, -0.05) is 26.8 Å². The summed E-state index contributed by atoms with van der Waals surface area (Å²) in [5, 5.41) is 24.8. The van der Waals surface area contributed by atoms with Gasteiger partial charge in [-0.15, -0.1) is 0 Å². The SMILES string of the molecule is CC(C)(C)c1ccc2nc(CCC3CC(NC[C@H]4O[C@@H](n5cnc6c(N)ncnc65)[C@H](O)[C@@H]4O)C3)[nH]c2c1. The predicted molar refractivity (Wildman–Crippen MR) is 143 cm³/mol. The average molecular weight is 521 g/mol. The van der Waals surface area contributed by atoms with E-state index in [1.807, 2.05) is 0 Å². The highest BCUT2D eigenvalue weighted by Crippen LogP contribution is 2.34. The zero-order chi connectivity index (χ0) is 26.6. The molecule has 3 aromatic heterocycles. The summed E-state index contributed by atoms with van der Waals surface area (Å²) in [5.41, 5.74) is 10.3. The molecular weight excluding hydrogens is 484 g/mol. The van der Waals surface area contributed by atoms with Crippen LogP contribution in [-0.2, 0) is 16.6 Å². The lowest BCUT2D eigenvalue weighted by molar-refractivity contribution is -0.0357. The van der Waals surface area contributed by atoms with E-state index >= 15 is 0 Å². The Balaban J connectivity index is 0.984. The number of aliphatic hydroxyl groups excluding tert-OH is 2. The minimum atomic E-state index is -1.10. The molecule has 1 aliphatic heterocycles. The summed E-state index contributed by atoms with van der Waals surface area (Å²) in [4.78, 5) is 20.7. The van der Waals surface area contributed by atoms with Crippen LogP contribution in [0, 0.1) is 5.92 Å². The molecule has 11 nitrogen and oxygen atoms in total. The van der Waals surface area contributed by atoms with Crippen LogP contribution >= 0.6 is 0 Å². The van der Waals surface area contributed by atoms with E-state index in [-0.39, 0.29) is 11.2 Å². The first-order valence-corrected chi connectivity index (χ1v) is 13.3. The number of imidazole rings is 2. The Labute approximate surface area is 220 Å². The summed E-state index contributed by atoms with van der Waals surface area (Å²) in [6, 6.07) is 6.87. The first kappa shape index (κ1) is 25.2. The van der Waals surface area contributed by atoms with Gasteiger partial charge < -0.3 is 31.0 Å². The summed E-state index contributed by atoms with van der Waals surface area (Å²) in [7, 11) is 0. The number of anilines is 1. The Morgan fingerprint density at radius 2 is 1.97 bits per heavy atom. The molecule has 4 atom stereocenters. The van der Waals surface area contributed by atoms with Crippen LogP contribution in [0.5, 0.6) is 0 Å². The van der Waals surface area contributed by atoms with Gasteiger partial charge in [0, 0.05) is 19.0 Å². The molecular formula is C27H36N8O3. The predicted octanol–water partition coefficient (Wildman–Crippen LogP) is 2.20. The second-order valence-corrected chi connectivity index (χ2v) is 11.8. The number of H-pyrrole nitrogens is 1. The van der Waals surface area contributed by atoms with Crippen molar-refractivity contribution in [1.29, 1.82) is 0 Å². The normalized spacial score (nSPS) is 27.8. The van der Waals surface area contributed by atoms with Crippen LogP contribution < -0.4 is 11.1 Å². The monoisotopic (exact) mass is 520 g/mol. The topological polar surface area (TPSA) is 160 Å². The highest BCUT2D eigenvalue weighted by molar-refractivity contribution is 5.81. The number of ether oxygens (including phenoxy) is 1. The number of nitrogen functional groups attached to an aromatic ring is 1. The molecule has 2 aliphatic rings. The van der Waals surface area contributed by atoms with Crippen molar-refractivity contribution in [2.45, 2.75) is 82.5 Å². The largest absolute Gasteiger partial charge is 0.387 e. The van der Waals surface area contributed by atoms with Crippen LogP contribution in [0.15, 0.2) is 30.9 Å². The van der Waals surface area contributed by atoms with Crippen molar-refractivity contribution < 1.29 is 14.9 Å². The molecule has 1 saturated heterocycles. The second-order valence-electron chi connectivity index (χ2n) is 11.8. The first-order valence-electron chi connectivity index (χ1n) is 13.3. The Bertz CT molecular complexity index is 1440. The number of aromatic nitrogens is 6. The Kier molecular flexibility index (Phi) is 6.34. The lowest BCUT2D eigenvalue weighted by Crippen LogP contribution is -2.46. The molecule has 11 heteroatoms. The zero-order valence-corrected chi connectivity index (χ0v) is 22.0. The van der Waals surface area contributed by atoms with Crippen LogP contribution in [0.3, 0.4) is 0 Å². The van der Waals surface area contributed by atoms with Gasteiger partial charge >= 0.3 is 0 Å². The number of nitrogens with two attached hydrogens (primary N) is 1. The summed E-state index contributed by atoms with van der Waals surface area (Å²) >= 11 is 0. The highest BCUT2D eigenvalue weighted by Gasteiger charge is 2.44. The first-order chi connectivity index (χ1) is 18.2. The van der Waals surface area contributed by atoms with Crippen LogP contribution in [0.1, 0.15) is 57.6 Å². The van der Waals surface area contributed by atoms with Crippen LogP contribution in [-0.4, -0.2) is 70.6 Å². The molecule has 4 heterocycles. The maximum Gasteiger partial charge on any atom is 0.167 e. The summed E-state index contributed by atoms with van der Waals surface area (Å²) in [5.74, 6) is 1.94. The summed E-state index contributed by atoms with van der Waals surface area (Å²) in [6.45, 7) is 7.12. The van der Waals surface area contributed by atoms with Crippen molar-refractivity contribution in [3.8, 4) is 0 Å². The van der Waals surface area contributed by atoms with Crippen LogP contribution in [0.25, 0.3) is 22.2 Å². The number of nitrogens with one attached hydrogen (secondary N) is 2.